The highest BCUT2D eigenvalue weighted by Gasteiger charge is 2.09. The second-order valence-corrected chi connectivity index (χ2v) is 6.74. The van der Waals surface area contributed by atoms with Crippen LogP contribution < -0.4 is 0 Å². The SMILES string of the molecule is c1cnc2ccc(Cc3cnc4ccc(-c5ccsc5)nn34)cc2c1. The number of benzene rings is 1. The van der Waals surface area contributed by atoms with Gasteiger partial charge in [-0.15, -0.1) is 0 Å². The Bertz CT molecular complexity index is 1170. The summed E-state index contributed by atoms with van der Waals surface area (Å²) in [5, 5.41) is 10.1. The lowest BCUT2D eigenvalue weighted by Crippen LogP contribution is -2.00. The third kappa shape index (κ3) is 2.58. The second-order valence-electron chi connectivity index (χ2n) is 5.96. The van der Waals surface area contributed by atoms with E-state index >= 15 is 0 Å². The van der Waals surface area contributed by atoms with Crippen molar-refractivity contribution in [3.63, 3.8) is 0 Å². The van der Waals surface area contributed by atoms with E-state index < -0.39 is 0 Å². The van der Waals surface area contributed by atoms with Gasteiger partial charge in [-0.3, -0.25) is 4.98 Å². The quantitative estimate of drug-likeness (QED) is 0.481. The van der Waals surface area contributed by atoms with Crippen LogP contribution in [0.5, 0.6) is 0 Å². The largest absolute Gasteiger partial charge is 0.256 e. The molecule has 5 rings (SSSR count). The molecular formula is C20H14N4S. The van der Waals surface area contributed by atoms with Crippen molar-refractivity contribution in [1.29, 1.82) is 0 Å². The molecule has 0 aliphatic carbocycles. The molecule has 4 heterocycles. The first-order chi connectivity index (χ1) is 12.4. The Kier molecular flexibility index (Phi) is 3.31. The summed E-state index contributed by atoms with van der Waals surface area (Å²) < 4.78 is 1.94. The van der Waals surface area contributed by atoms with Gasteiger partial charge in [0.15, 0.2) is 5.65 Å². The maximum Gasteiger partial charge on any atom is 0.153 e. The number of pyridine rings is 1. The molecule has 0 atom stereocenters. The van der Waals surface area contributed by atoms with Crippen molar-refractivity contribution in [3.8, 4) is 11.3 Å². The molecule has 0 spiro atoms. The number of thiophene rings is 1. The Morgan fingerprint density at radius 3 is 2.92 bits per heavy atom. The molecule has 0 aliphatic rings. The van der Waals surface area contributed by atoms with Gasteiger partial charge in [0, 0.05) is 28.9 Å². The Morgan fingerprint density at radius 1 is 1.00 bits per heavy atom. The Balaban J connectivity index is 1.56. The number of hydrogen-bond donors (Lipinski definition) is 0. The third-order valence-electron chi connectivity index (χ3n) is 4.30. The van der Waals surface area contributed by atoms with Crippen LogP contribution in [0.3, 0.4) is 0 Å². The van der Waals surface area contributed by atoms with Crippen LogP contribution in [0.4, 0.5) is 0 Å². The van der Waals surface area contributed by atoms with E-state index in [0.29, 0.717) is 0 Å². The van der Waals surface area contributed by atoms with Crippen LogP contribution in [0.2, 0.25) is 0 Å². The zero-order chi connectivity index (χ0) is 16.6. The predicted octanol–water partition coefficient (Wildman–Crippen LogP) is 4.60. The second kappa shape index (κ2) is 5.79. The molecule has 0 saturated heterocycles. The first kappa shape index (κ1) is 14.3. The maximum absolute atomic E-state index is 4.78. The van der Waals surface area contributed by atoms with Gasteiger partial charge in [0.25, 0.3) is 0 Å². The molecule has 4 aromatic heterocycles. The van der Waals surface area contributed by atoms with Crippen molar-refractivity contribution < 1.29 is 0 Å². The molecule has 120 valence electrons. The molecule has 0 unspecified atom stereocenters. The van der Waals surface area contributed by atoms with Crippen LogP contribution in [0.25, 0.3) is 27.8 Å². The van der Waals surface area contributed by atoms with Crippen molar-refractivity contribution in [3.05, 3.63) is 82.9 Å². The number of fused-ring (bicyclic) bond motifs is 2. The molecule has 0 fully saturated rings. The van der Waals surface area contributed by atoms with Gasteiger partial charge in [-0.25, -0.2) is 9.50 Å². The molecule has 0 amide bonds. The molecule has 4 nitrogen and oxygen atoms in total. The highest BCUT2D eigenvalue weighted by molar-refractivity contribution is 7.08. The van der Waals surface area contributed by atoms with Crippen LogP contribution in [-0.2, 0) is 6.42 Å². The van der Waals surface area contributed by atoms with Crippen LogP contribution in [0, 0.1) is 0 Å². The van der Waals surface area contributed by atoms with E-state index in [0.717, 1.165) is 39.9 Å². The van der Waals surface area contributed by atoms with Gasteiger partial charge in [0.2, 0.25) is 0 Å². The molecular weight excluding hydrogens is 328 g/mol. The zero-order valence-electron chi connectivity index (χ0n) is 13.3. The first-order valence-corrected chi connectivity index (χ1v) is 9.01. The highest BCUT2D eigenvalue weighted by atomic mass is 32.1. The van der Waals surface area contributed by atoms with Gasteiger partial charge in [-0.1, -0.05) is 12.1 Å². The van der Waals surface area contributed by atoms with Crippen LogP contribution in [-0.4, -0.2) is 19.6 Å². The predicted molar refractivity (Wildman–Crippen MR) is 101 cm³/mol. The molecule has 0 aliphatic heterocycles. The molecule has 5 heteroatoms. The van der Waals surface area contributed by atoms with Gasteiger partial charge in [-0.05, 0) is 47.3 Å². The monoisotopic (exact) mass is 342 g/mol. The third-order valence-corrected chi connectivity index (χ3v) is 4.99. The lowest BCUT2D eigenvalue weighted by Gasteiger charge is -2.05. The van der Waals surface area contributed by atoms with Crippen LogP contribution in [0.15, 0.2) is 71.7 Å². The van der Waals surface area contributed by atoms with Crippen molar-refractivity contribution >= 4 is 27.9 Å². The van der Waals surface area contributed by atoms with Gasteiger partial charge in [0.05, 0.1) is 23.1 Å². The summed E-state index contributed by atoms with van der Waals surface area (Å²) in [6, 6.07) is 16.6. The van der Waals surface area contributed by atoms with Gasteiger partial charge < -0.3 is 0 Å². The van der Waals surface area contributed by atoms with E-state index in [1.807, 2.05) is 35.1 Å². The normalized spacial score (nSPS) is 11.4. The van der Waals surface area contributed by atoms with Crippen molar-refractivity contribution in [2.24, 2.45) is 0 Å². The fourth-order valence-corrected chi connectivity index (χ4v) is 3.70. The summed E-state index contributed by atoms with van der Waals surface area (Å²) in [5.41, 5.74) is 6.30. The van der Waals surface area contributed by atoms with E-state index in [1.165, 1.54) is 5.56 Å². The molecule has 1 aromatic carbocycles. The zero-order valence-corrected chi connectivity index (χ0v) is 14.1. The molecule has 0 radical (unpaired) electrons. The molecule has 25 heavy (non-hydrogen) atoms. The highest BCUT2D eigenvalue weighted by Crippen LogP contribution is 2.22. The number of rotatable bonds is 3. The van der Waals surface area contributed by atoms with Gasteiger partial charge >= 0.3 is 0 Å². The van der Waals surface area contributed by atoms with Gasteiger partial charge in [0.1, 0.15) is 0 Å². The lowest BCUT2D eigenvalue weighted by atomic mass is 10.1. The summed E-state index contributed by atoms with van der Waals surface area (Å²) in [4.78, 5) is 8.87. The number of hydrogen-bond acceptors (Lipinski definition) is 4. The van der Waals surface area contributed by atoms with Crippen molar-refractivity contribution in [2.45, 2.75) is 6.42 Å². The molecule has 0 N–H and O–H groups in total. The van der Waals surface area contributed by atoms with Gasteiger partial charge in [-0.2, -0.15) is 16.4 Å². The van der Waals surface area contributed by atoms with Crippen LogP contribution >= 0.6 is 11.3 Å². The molecule has 0 bridgehead atoms. The fraction of sp³-hybridized carbons (Fsp3) is 0.0500. The van der Waals surface area contributed by atoms with Crippen molar-refractivity contribution in [1.82, 2.24) is 19.6 Å². The van der Waals surface area contributed by atoms with E-state index in [-0.39, 0.29) is 0 Å². The number of aromatic nitrogens is 4. The van der Waals surface area contributed by atoms with E-state index in [2.05, 4.69) is 51.1 Å². The average molecular weight is 342 g/mol. The maximum atomic E-state index is 4.78. The number of imidazole rings is 1. The Morgan fingerprint density at radius 2 is 2.00 bits per heavy atom. The minimum absolute atomic E-state index is 0.784. The average Bonchev–Trinajstić information content (AvgIpc) is 3.32. The van der Waals surface area contributed by atoms with Crippen molar-refractivity contribution in [2.75, 3.05) is 0 Å². The smallest absolute Gasteiger partial charge is 0.153 e. The minimum Gasteiger partial charge on any atom is -0.256 e. The standard InChI is InChI=1S/C20H14N4S/c1-2-15-10-14(3-4-18(15)21-8-1)11-17-12-22-20-6-5-19(23-24(17)20)16-7-9-25-13-16/h1-10,12-13H,11H2. The molecule has 0 saturated carbocycles. The Hall–Kier alpha value is -3.05. The number of nitrogens with zero attached hydrogens (tertiary/aromatic N) is 4. The van der Waals surface area contributed by atoms with E-state index in [9.17, 15) is 0 Å². The minimum atomic E-state index is 0.784. The first-order valence-electron chi connectivity index (χ1n) is 8.07. The summed E-state index contributed by atoms with van der Waals surface area (Å²) >= 11 is 1.68. The summed E-state index contributed by atoms with van der Waals surface area (Å²) in [5.74, 6) is 0. The topological polar surface area (TPSA) is 43.1 Å². The molecule has 5 aromatic rings. The fourth-order valence-electron chi connectivity index (χ4n) is 3.05. The van der Waals surface area contributed by atoms with E-state index in [1.54, 1.807) is 11.3 Å². The van der Waals surface area contributed by atoms with E-state index in [4.69, 9.17) is 5.10 Å². The Labute approximate surface area is 148 Å². The van der Waals surface area contributed by atoms with Crippen LogP contribution in [0.1, 0.15) is 11.3 Å². The lowest BCUT2D eigenvalue weighted by molar-refractivity contribution is 0.877. The summed E-state index contributed by atoms with van der Waals surface area (Å²) in [7, 11) is 0. The summed E-state index contributed by atoms with van der Waals surface area (Å²) in [6.45, 7) is 0. The summed E-state index contributed by atoms with van der Waals surface area (Å²) in [6.07, 6.45) is 4.52.